The molecule has 0 aromatic heterocycles. The number of hydrogen-bond donors (Lipinski definition) is 1. The molecule has 0 aliphatic carbocycles. The number of nitrogens with zero attached hydrogens (tertiary/aromatic N) is 2. The summed E-state index contributed by atoms with van der Waals surface area (Å²) in [4.78, 5) is 30.9. The molecule has 2 atom stereocenters. The van der Waals surface area contributed by atoms with E-state index in [9.17, 15) is 9.59 Å². The molecule has 4 rings (SSSR count). The van der Waals surface area contributed by atoms with Crippen LogP contribution >= 0.6 is 0 Å². The van der Waals surface area contributed by atoms with Crippen molar-refractivity contribution in [2.75, 3.05) is 25.0 Å². The number of amides is 1. The van der Waals surface area contributed by atoms with Gasteiger partial charge >= 0.3 is 0 Å². The number of fused-ring (bicyclic) bond motifs is 1. The molecule has 2 aliphatic heterocycles. The zero-order chi connectivity index (χ0) is 19.5. The largest absolute Gasteiger partial charge is 0.480 e. The monoisotopic (exact) mass is 375 g/mol. The number of ketones is 1. The van der Waals surface area contributed by atoms with Crippen molar-refractivity contribution in [1.29, 1.82) is 0 Å². The summed E-state index contributed by atoms with van der Waals surface area (Å²) in [5.41, 5.74) is 4.11. The van der Waals surface area contributed by atoms with Crippen LogP contribution in [0.5, 0.6) is 0 Å². The van der Waals surface area contributed by atoms with Gasteiger partial charge in [0, 0.05) is 36.5 Å². The highest BCUT2D eigenvalue weighted by Crippen LogP contribution is 2.27. The maximum atomic E-state index is 12.3. The minimum Gasteiger partial charge on any atom is -0.480 e. The number of anilines is 1. The van der Waals surface area contributed by atoms with E-state index in [2.05, 4.69) is 22.3 Å². The number of benzodiazepines with no additional fused rings is 1. The molecule has 0 spiro atoms. The SMILES string of the molecule is CN1c2ccccc2C(c2ccccc2)=NCC1CNC(=O)C1OC=CC1=O. The Hall–Kier alpha value is -3.41. The van der Waals surface area contributed by atoms with Gasteiger partial charge in [0.1, 0.15) is 0 Å². The Bertz CT molecular complexity index is 953. The van der Waals surface area contributed by atoms with Crippen LogP contribution in [0, 0.1) is 0 Å². The number of nitrogens with one attached hydrogen (secondary N) is 1. The fraction of sp³-hybridized carbons (Fsp3) is 0.227. The molecule has 1 amide bonds. The summed E-state index contributed by atoms with van der Waals surface area (Å²) >= 11 is 0. The van der Waals surface area contributed by atoms with Gasteiger partial charge < -0.3 is 15.0 Å². The van der Waals surface area contributed by atoms with Crippen molar-refractivity contribution in [3.63, 3.8) is 0 Å². The minimum atomic E-state index is -1.08. The Morgan fingerprint density at radius 3 is 2.68 bits per heavy atom. The van der Waals surface area contributed by atoms with Gasteiger partial charge in [0.2, 0.25) is 11.9 Å². The standard InChI is InChI=1S/C22H21N3O3/c1-25-16(14-24-22(27)21-19(26)11-12-28-21)13-23-20(15-7-3-2-4-8-15)17-9-5-6-10-18(17)25/h2-12,16,21H,13-14H2,1H3,(H,24,27). The summed E-state index contributed by atoms with van der Waals surface area (Å²) in [5, 5.41) is 2.83. The molecule has 6 nitrogen and oxygen atoms in total. The van der Waals surface area contributed by atoms with E-state index in [1.54, 1.807) is 0 Å². The number of hydrogen-bond acceptors (Lipinski definition) is 5. The zero-order valence-corrected chi connectivity index (χ0v) is 15.5. The third-order valence-electron chi connectivity index (χ3n) is 5.05. The molecule has 0 bridgehead atoms. The van der Waals surface area contributed by atoms with Crippen LogP contribution in [0.4, 0.5) is 5.69 Å². The van der Waals surface area contributed by atoms with E-state index in [1.807, 2.05) is 49.5 Å². The molecule has 2 aromatic carbocycles. The van der Waals surface area contributed by atoms with Crippen LogP contribution in [0.25, 0.3) is 0 Å². The zero-order valence-electron chi connectivity index (χ0n) is 15.5. The molecule has 1 N–H and O–H groups in total. The van der Waals surface area contributed by atoms with Crippen LogP contribution in [0.2, 0.25) is 0 Å². The summed E-state index contributed by atoms with van der Waals surface area (Å²) in [6.45, 7) is 0.885. The highest BCUT2D eigenvalue weighted by atomic mass is 16.5. The number of para-hydroxylation sites is 1. The number of benzene rings is 2. The summed E-state index contributed by atoms with van der Waals surface area (Å²) < 4.78 is 5.07. The van der Waals surface area contributed by atoms with Gasteiger partial charge in [-0.15, -0.1) is 0 Å². The summed E-state index contributed by atoms with van der Waals surface area (Å²) in [7, 11) is 2.00. The number of carbonyl (C=O) groups excluding carboxylic acids is 2. The average Bonchev–Trinajstić information content (AvgIpc) is 3.10. The van der Waals surface area contributed by atoms with E-state index in [-0.39, 0.29) is 11.8 Å². The molecule has 2 heterocycles. The summed E-state index contributed by atoms with van der Waals surface area (Å²) in [6.07, 6.45) is 1.46. The lowest BCUT2D eigenvalue weighted by Gasteiger charge is -2.29. The van der Waals surface area contributed by atoms with Gasteiger partial charge in [0.25, 0.3) is 5.91 Å². The van der Waals surface area contributed by atoms with Crippen molar-refractivity contribution in [3.8, 4) is 0 Å². The molecular weight excluding hydrogens is 354 g/mol. The highest BCUT2D eigenvalue weighted by Gasteiger charge is 2.31. The smallest absolute Gasteiger partial charge is 0.269 e. The minimum absolute atomic E-state index is 0.0456. The second-order valence-corrected chi connectivity index (χ2v) is 6.80. The van der Waals surface area contributed by atoms with E-state index in [0.29, 0.717) is 13.1 Å². The third-order valence-corrected chi connectivity index (χ3v) is 5.05. The van der Waals surface area contributed by atoms with Gasteiger partial charge in [-0.05, 0) is 6.07 Å². The van der Waals surface area contributed by atoms with Crippen LogP contribution < -0.4 is 10.2 Å². The maximum Gasteiger partial charge on any atom is 0.269 e. The molecule has 0 saturated heterocycles. The topological polar surface area (TPSA) is 71.0 Å². The predicted molar refractivity (Wildman–Crippen MR) is 108 cm³/mol. The highest BCUT2D eigenvalue weighted by molar-refractivity contribution is 6.16. The molecule has 2 aromatic rings. The molecule has 142 valence electrons. The van der Waals surface area contributed by atoms with Gasteiger partial charge in [0.15, 0.2) is 0 Å². The third kappa shape index (κ3) is 3.41. The van der Waals surface area contributed by atoms with Crippen molar-refractivity contribution in [1.82, 2.24) is 5.32 Å². The fourth-order valence-electron chi connectivity index (χ4n) is 3.47. The first-order valence-electron chi connectivity index (χ1n) is 9.21. The number of likely N-dealkylation sites (N-methyl/N-ethyl adjacent to an activating group) is 1. The lowest BCUT2D eigenvalue weighted by molar-refractivity contribution is -0.135. The molecule has 6 heteroatoms. The lowest BCUT2D eigenvalue weighted by atomic mass is 10.0. The molecular formula is C22H21N3O3. The van der Waals surface area contributed by atoms with Crippen LogP contribution in [0.1, 0.15) is 11.1 Å². The predicted octanol–water partition coefficient (Wildman–Crippen LogP) is 1.94. The second kappa shape index (κ2) is 7.68. The Kier molecular flexibility index (Phi) is 4.93. The van der Waals surface area contributed by atoms with Crippen LogP contribution in [-0.4, -0.2) is 49.7 Å². The van der Waals surface area contributed by atoms with E-state index in [1.165, 1.54) is 12.3 Å². The first kappa shape index (κ1) is 18.0. The van der Waals surface area contributed by atoms with E-state index < -0.39 is 12.0 Å². The summed E-state index contributed by atoms with van der Waals surface area (Å²) in [6, 6.07) is 18.2. The Balaban J connectivity index is 1.57. The molecule has 0 radical (unpaired) electrons. The number of aliphatic imine (C=N–C) groups is 1. The van der Waals surface area contributed by atoms with Crippen molar-refractivity contribution in [3.05, 3.63) is 78.1 Å². The first-order valence-corrected chi connectivity index (χ1v) is 9.21. The second-order valence-electron chi connectivity index (χ2n) is 6.80. The number of rotatable bonds is 4. The van der Waals surface area contributed by atoms with Gasteiger partial charge in [0.05, 0.1) is 24.6 Å². The summed E-state index contributed by atoms with van der Waals surface area (Å²) in [5.74, 6) is -0.755. The number of ether oxygens (including phenoxy) is 1. The normalized spacial score (nSPS) is 20.8. The van der Waals surface area contributed by atoms with Gasteiger partial charge in [-0.3, -0.25) is 14.6 Å². The number of carbonyl (C=O) groups is 2. The quantitative estimate of drug-likeness (QED) is 0.829. The van der Waals surface area contributed by atoms with E-state index >= 15 is 0 Å². The van der Waals surface area contributed by atoms with E-state index in [4.69, 9.17) is 9.73 Å². The van der Waals surface area contributed by atoms with Gasteiger partial charge in [-0.2, -0.15) is 0 Å². The molecule has 28 heavy (non-hydrogen) atoms. The molecule has 2 aliphatic rings. The Morgan fingerprint density at radius 2 is 1.93 bits per heavy atom. The van der Waals surface area contributed by atoms with Crippen LogP contribution in [0.3, 0.4) is 0 Å². The van der Waals surface area contributed by atoms with Gasteiger partial charge in [-0.25, -0.2) is 0 Å². The van der Waals surface area contributed by atoms with Crippen molar-refractivity contribution in [2.45, 2.75) is 12.1 Å². The van der Waals surface area contributed by atoms with E-state index in [0.717, 1.165) is 22.5 Å². The Labute approximate surface area is 163 Å². The molecule has 0 saturated carbocycles. The van der Waals surface area contributed by atoms with Crippen LogP contribution in [0.15, 0.2) is 71.9 Å². The maximum absolute atomic E-state index is 12.3. The average molecular weight is 375 g/mol. The van der Waals surface area contributed by atoms with Crippen molar-refractivity contribution < 1.29 is 14.3 Å². The molecule has 2 unspecified atom stereocenters. The van der Waals surface area contributed by atoms with Gasteiger partial charge in [-0.1, -0.05) is 48.5 Å². The first-order chi connectivity index (χ1) is 13.6. The van der Waals surface area contributed by atoms with Crippen molar-refractivity contribution >= 4 is 23.1 Å². The molecule has 0 fully saturated rings. The lowest BCUT2D eigenvalue weighted by Crippen LogP contribution is -2.47. The van der Waals surface area contributed by atoms with Crippen molar-refractivity contribution in [2.24, 2.45) is 4.99 Å². The van der Waals surface area contributed by atoms with Crippen LogP contribution in [-0.2, 0) is 14.3 Å². The fourth-order valence-corrected chi connectivity index (χ4v) is 3.47. The Morgan fingerprint density at radius 1 is 1.18 bits per heavy atom.